The van der Waals surface area contributed by atoms with E-state index in [1.165, 1.54) is 6.08 Å². The summed E-state index contributed by atoms with van der Waals surface area (Å²) in [7, 11) is -3.60. The second-order valence-electron chi connectivity index (χ2n) is 5.86. The minimum absolute atomic E-state index is 0.0163. The summed E-state index contributed by atoms with van der Waals surface area (Å²) >= 11 is 0. The maximum atomic E-state index is 12.0. The molecule has 1 heterocycles. The molecule has 0 atom stereocenters. The van der Waals surface area contributed by atoms with Crippen molar-refractivity contribution in [1.29, 1.82) is 0 Å². The number of nitrogens with zero attached hydrogens (tertiary/aromatic N) is 1. The van der Waals surface area contributed by atoms with Crippen molar-refractivity contribution in [2.75, 3.05) is 11.9 Å². The van der Waals surface area contributed by atoms with E-state index in [-0.39, 0.29) is 18.9 Å². The molecule has 0 fully saturated rings. The van der Waals surface area contributed by atoms with Crippen molar-refractivity contribution >= 4 is 38.6 Å². The van der Waals surface area contributed by atoms with E-state index in [2.05, 4.69) is 15.0 Å². The molecule has 0 saturated heterocycles. The van der Waals surface area contributed by atoms with E-state index in [4.69, 9.17) is 0 Å². The van der Waals surface area contributed by atoms with E-state index in [1.807, 2.05) is 42.5 Å². The number of anilines is 1. The molecule has 1 aromatic heterocycles. The Morgan fingerprint density at radius 2 is 1.85 bits per heavy atom. The standard InChI is InChI=1S/C20H19N3O3S/c24-20(23-18-8-9-19-17(15-18)7-4-12-21-19)10-13-22-27(25,26)14-11-16-5-2-1-3-6-16/h1-9,11-12,14-15,22H,10,13H2,(H,23,24). The summed E-state index contributed by atoms with van der Waals surface area (Å²) in [6, 6.07) is 18.3. The topological polar surface area (TPSA) is 88.2 Å². The Bertz CT molecular complexity index is 1060. The predicted molar refractivity (Wildman–Crippen MR) is 107 cm³/mol. The molecule has 6 nitrogen and oxygen atoms in total. The molecule has 3 aromatic rings. The summed E-state index contributed by atoms with van der Waals surface area (Å²) in [5, 5.41) is 4.77. The molecule has 3 rings (SSSR count). The summed E-state index contributed by atoms with van der Waals surface area (Å²) < 4.78 is 26.3. The van der Waals surface area contributed by atoms with Crippen LogP contribution in [0, 0.1) is 0 Å². The lowest BCUT2D eigenvalue weighted by atomic mass is 10.2. The van der Waals surface area contributed by atoms with Gasteiger partial charge < -0.3 is 5.32 Å². The summed E-state index contributed by atoms with van der Waals surface area (Å²) in [6.45, 7) is 0.0163. The van der Waals surface area contributed by atoms with Crippen molar-refractivity contribution < 1.29 is 13.2 Å². The molecular formula is C20H19N3O3S. The quantitative estimate of drug-likeness (QED) is 0.658. The lowest BCUT2D eigenvalue weighted by Gasteiger charge is -2.07. The molecule has 0 saturated carbocycles. The van der Waals surface area contributed by atoms with Crippen molar-refractivity contribution in [2.45, 2.75) is 6.42 Å². The summed E-state index contributed by atoms with van der Waals surface area (Å²) in [6.07, 6.45) is 3.24. The fourth-order valence-corrected chi connectivity index (χ4v) is 3.28. The molecule has 0 unspecified atom stereocenters. The lowest BCUT2D eigenvalue weighted by Crippen LogP contribution is -2.26. The maximum Gasteiger partial charge on any atom is 0.233 e. The van der Waals surface area contributed by atoms with Crippen LogP contribution in [0.2, 0.25) is 0 Å². The predicted octanol–water partition coefficient (Wildman–Crippen LogP) is 3.15. The van der Waals surface area contributed by atoms with E-state index in [1.54, 1.807) is 24.4 Å². The van der Waals surface area contributed by atoms with Crippen LogP contribution in [0.3, 0.4) is 0 Å². The van der Waals surface area contributed by atoms with E-state index >= 15 is 0 Å². The Balaban J connectivity index is 1.50. The molecule has 27 heavy (non-hydrogen) atoms. The van der Waals surface area contributed by atoms with Crippen molar-refractivity contribution in [3.05, 3.63) is 77.8 Å². The Hall–Kier alpha value is -3.03. The zero-order valence-corrected chi connectivity index (χ0v) is 15.3. The number of hydrogen-bond acceptors (Lipinski definition) is 4. The number of rotatable bonds is 7. The van der Waals surface area contributed by atoms with Gasteiger partial charge in [-0.3, -0.25) is 9.78 Å². The van der Waals surface area contributed by atoms with Crippen LogP contribution in [0.25, 0.3) is 17.0 Å². The Labute approximate surface area is 158 Å². The van der Waals surface area contributed by atoms with E-state index < -0.39 is 10.0 Å². The minimum Gasteiger partial charge on any atom is -0.326 e. The number of aromatic nitrogens is 1. The number of sulfonamides is 1. The first-order valence-electron chi connectivity index (χ1n) is 8.39. The first-order chi connectivity index (χ1) is 13.0. The molecule has 0 aliphatic carbocycles. The Kier molecular flexibility index (Phi) is 5.95. The van der Waals surface area contributed by atoms with Gasteiger partial charge in [0.15, 0.2) is 0 Å². The maximum absolute atomic E-state index is 12.0. The van der Waals surface area contributed by atoms with Crippen molar-refractivity contribution in [2.24, 2.45) is 0 Å². The van der Waals surface area contributed by atoms with Gasteiger partial charge >= 0.3 is 0 Å². The second-order valence-corrected chi connectivity index (χ2v) is 7.51. The molecule has 7 heteroatoms. The Morgan fingerprint density at radius 3 is 2.67 bits per heavy atom. The lowest BCUT2D eigenvalue weighted by molar-refractivity contribution is -0.116. The first-order valence-corrected chi connectivity index (χ1v) is 9.94. The molecular weight excluding hydrogens is 362 g/mol. The molecule has 1 amide bonds. The van der Waals surface area contributed by atoms with Crippen LogP contribution in [0.15, 0.2) is 72.3 Å². The number of carbonyl (C=O) groups excluding carboxylic acids is 1. The molecule has 0 spiro atoms. The summed E-state index contributed by atoms with van der Waals surface area (Å²) in [5.74, 6) is -0.270. The van der Waals surface area contributed by atoms with Crippen LogP contribution in [0.5, 0.6) is 0 Å². The van der Waals surface area contributed by atoms with Gasteiger partial charge in [-0.1, -0.05) is 36.4 Å². The molecule has 0 radical (unpaired) electrons. The van der Waals surface area contributed by atoms with Crippen LogP contribution < -0.4 is 10.0 Å². The van der Waals surface area contributed by atoms with Crippen molar-refractivity contribution in [3.8, 4) is 0 Å². The average Bonchev–Trinajstić information content (AvgIpc) is 2.67. The largest absolute Gasteiger partial charge is 0.326 e. The van der Waals surface area contributed by atoms with Crippen molar-refractivity contribution in [1.82, 2.24) is 9.71 Å². The number of carbonyl (C=O) groups is 1. The van der Waals surface area contributed by atoms with Crippen LogP contribution in [-0.2, 0) is 14.8 Å². The van der Waals surface area contributed by atoms with Crippen LogP contribution in [0.4, 0.5) is 5.69 Å². The molecule has 138 valence electrons. The number of hydrogen-bond donors (Lipinski definition) is 2. The highest BCUT2D eigenvalue weighted by Gasteiger charge is 2.08. The molecule has 2 aromatic carbocycles. The van der Waals surface area contributed by atoms with Crippen LogP contribution in [0.1, 0.15) is 12.0 Å². The van der Waals surface area contributed by atoms with Gasteiger partial charge in [-0.25, -0.2) is 13.1 Å². The van der Waals surface area contributed by atoms with Gasteiger partial charge in [-0.2, -0.15) is 0 Å². The van der Waals surface area contributed by atoms with Gasteiger partial charge in [0.05, 0.1) is 5.52 Å². The summed E-state index contributed by atoms with van der Waals surface area (Å²) in [4.78, 5) is 16.3. The monoisotopic (exact) mass is 381 g/mol. The van der Waals surface area contributed by atoms with Gasteiger partial charge in [0.25, 0.3) is 0 Å². The fourth-order valence-electron chi connectivity index (χ4n) is 2.46. The highest BCUT2D eigenvalue weighted by atomic mass is 32.2. The molecule has 0 bridgehead atoms. The second kappa shape index (κ2) is 8.57. The normalized spacial score (nSPS) is 11.7. The van der Waals surface area contributed by atoms with E-state index in [0.29, 0.717) is 5.69 Å². The third kappa shape index (κ3) is 5.73. The van der Waals surface area contributed by atoms with Gasteiger partial charge in [0.2, 0.25) is 15.9 Å². The average molecular weight is 381 g/mol. The number of pyridine rings is 1. The van der Waals surface area contributed by atoms with Gasteiger partial charge in [0, 0.05) is 35.6 Å². The van der Waals surface area contributed by atoms with E-state index in [0.717, 1.165) is 21.9 Å². The SMILES string of the molecule is O=C(CCNS(=O)(=O)C=Cc1ccccc1)Nc1ccc2ncccc2c1. The highest BCUT2D eigenvalue weighted by Crippen LogP contribution is 2.17. The van der Waals surface area contributed by atoms with Gasteiger partial charge in [0.1, 0.15) is 0 Å². The third-order valence-corrected chi connectivity index (χ3v) is 4.88. The van der Waals surface area contributed by atoms with Crippen LogP contribution in [-0.4, -0.2) is 25.9 Å². The zero-order valence-electron chi connectivity index (χ0n) is 14.5. The first kappa shape index (κ1) is 18.8. The third-order valence-electron chi connectivity index (χ3n) is 3.78. The fraction of sp³-hybridized carbons (Fsp3) is 0.100. The van der Waals surface area contributed by atoms with Gasteiger partial charge in [-0.05, 0) is 35.9 Å². The number of amides is 1. The van der Waals surface area contributed by atoms with Crippen molar-refractivity contribution in [3.63, 3.8) is 0 Å². The van der Waals surface area contributed by atoms with E-state index in [9.17, 15) is 13.2 Å². The smallest absolute Gasteiger partial charge is 0.233 e. The number of nitrogens with one attached hydrogen (secondary N) is 2. The zero-order chi connectivity index (χ0) is 19.1. The van der Waals surface area contributed by atoms with Gasteiger partial charge in [-0.15, -0.1) is 0 Å². The van der Waals surface area contributed by atoms with Crippen LogP contribution >= 0.6 is 0 Å². The number of fused-ring (bicyclic) bond motifs is 1. The molecule has 0 aliphatic heterocycles. The minimum atomic E-state index is -3.60. The number of benzene rings is 2. The highest BCUT2D eigenvalue weighted by molar-refractivity contribution is 7.92. The molecule has 0 aliphatic rings. The molecule has 2 N–H and O–H groups in total. The summed E-state index contributed by atoms with van der Waals surface area (Å²) in [5.41, 5.74) is 2.27. The Morgan fingerprint density at radius 1 is 1.04 bits per heavy atom.